The Labute approximate surface area is 174 Å². The first-order chi connectivity index (χ1) is 13.8. The van der Waals surface area contributed by atoms with Crippen LogP contribution < -0.4 is 5.32 Å². The second-order valence-electron chi connectivity index (χ2n) is 6.73. The summed E-state index contributed by atoms with van der Waals surface area (Å²) in [4.78, 5) is 15.1. The van der Waals surface area contributed by atoms with E-state index in [0.29, 0.717) is 18.7 Å². The molecule has 0 radical (unpaired) electrons. The molecule has 2 aromatic rings. The fourth-order valence-electron chi connectivity index (χ4n) is 3.15. The van der Waals surface area contributed by atoms with E-state index in [1.54, 1.807) is 26.0 Å². The lowest BCUT2D eigenvalue weighted by Gasteiger charge is -2.19. The van der Waals surface area contributed by atoms with Crippen molar-refractivity contribution in [2.45, 2.75) is 39.1 Å². The molecule has 0 spiro atoms. The van der Waals surface area contributed by atoms with Crippen LogP contribution in [0.15, 0.2) is 53.4 Å². The number of hydrogen-bond acceptors (Lipinski definition) is 4. The van der Waals surface area contributed by atoms with Crippen LogP contribution >= 0.6 is 0 Å². The highest BCUT2D eigenvalue weighted by atomic mass is 32.2. The van der Waals surface area contributed by atoms with Crippen molar-refractivity contribution >= 4 is 21.6 Å². The Bertz CT molecular complexity index is 903. The smallest absolute Gasteiger partial charge is 0.255 e. The highest BCUT2D eigenvalue weighted by Gasteiger charge is 2.21. The van der Waals surface area contributed by atoms with Crippen LogP contribution in [0.4, 0.5) is 5.69 Å². The zero-order valence-electron chi connectivity index (χ0n) is 17.7. The third-order valence-electron chi connectivity index (χ3n) is 4.95. The molecular weight excluding hydrogens is 386 g/mol. The van der Waals surface area contributed by atoms with Gasteiger partial charge in [-0.15, -0.1) is 0 Å². The predicted octanol–water partition coefficient (Wildman–Crippen LogP) is 3.81. The molecular formula is C22H31N3O3S. The number of nitrogens with one attached hydrogen (secondary N) is 1. The fourth-order valence-corrected chi connectivity index (χ4v) is 4.60. The molecule has 0 bridgehead atoms. The van der Waals surface area contributed by atoms with Crippen molar-refractivity contribution in [3.63, 3.8) is 0 Å². The molecule has 2 aromatic carbocycles. The van der Waals surface area contributed by atoms with Crippen LogP contribution in [0.5, 0.6) is 0 Å². The van der Waals surface area contributed by atoms with Crippen LogP contribution in [0.25, 0.3) is 0 Å². The third kappa shape index (κ3) is 5.88. The fraction of sp³-hybridized carbons (Fsp3) is 0.409. The van der Waals surface area contributed by atoms with Gasteiger partial charge in [-0.25, -0.2) is 8.42 Å². The van der Waals surface area contributed by atoms with Gasteiger partial charge in [0.2, 0.25) is 10.0 Å². The van der Waals surface area contributed by atoms with Crippen molar-refractivity contribution in [2.75, 3.05) is 31.5 Å². The van der Waals surface area contributed by atoms with Gasteiger partial charge in [0.15, 0.2) is 0 Å². The van der Waals surface area contributed by atoms with Crippen molar-refractivity contribution in [1.82, 2.24) is 9.21 Å². The number of benzene rings is 2. The maximum absolute atomic E-state index is 12.6. The average Bonchev–Trinajstić information content (AvgIpc) is 2.73. The number of amides is 1. The average molecular weight is 418 g/mol. The van der Waals surface area contributed by atoms with E-state index in [4.69, 9.17) is 0 Å². The number of carbonyl (C=O) groups is 1. The standard InChI is InChI=1S/C22H31N3O3S/c1-5-24(6-2)17-18-10-9-11-20(16-18)23-22(26)19-12-14-21(15-13-19)29(27,28)25(7-3)8-4/h9-16H,5-8,17H2,1-4H3,(H,23,26). The number of anilines is 1. The molecule has 158 valence electrons. The monoisotopic (exact) mass is 417 g/mol. The molecule has 6 nitrogen and oxygen atoms in total. The maximum Gasteiger partial charge on any atom is 0.255 e. The SMILES string of the molecule is CCN(CC)Cc1cccc(NC(=O)c2ccc(S(=O)(=O)N(CC)CC)cc2)c1. The van der Waals surface area contributed by atoms with E-state index in [1.807, 2.05) is 24.3 Å². The van der Waals surface area contributed by atoms with Crippen molar-refractivity contribution < 1.29 is 13.2 Å². The Kier molecular flexibility index (Phi) is 8.37. The van der Waals surface area contributed by atoms with E-state index in [2.05, 4.69) is 24.1 Å². The number of sulfonamides is 1. The van der Waals surface area contributed by atoms with Gasteiger partial charge in [0, 0.05) is 30.9 Å². The molecule has 0 heterocycles. The quantitative estimate of drug-likeness (QED) is 0.638. The Morgan fingerprint density at radius 1 is 0.897 bits per heavy atom. The summed E-state index contributed by atoms with van der Waals surface area (Å²) in [5.41, 5.74) is 2.27. The van der Waals surface area contributed by atoms with Crippen LogP contribution in [-0.2, 0) is 16.6 Å². The largest absolute Gasteiger partial charge is 0.322 e. The lowest BCUT2D eigenvalue weighted by atomic mass is 10.1. The molecule has 29 heavy (non-hydrogen) atoms. The molecule has 0 saturated heterocycles. The zero-order valence-corrected chi connectivity index (χ0v) is 18.5. The summed E-state index contributed by atoms with van der Waals surface area (Å²) in [7, 11) is -3.53. The molecule has 0 atom stereocenters. The van der Waals surface area contributed by atoms with Gasteiger partial charge in [-0.05, 0) is 55.1 Å². The second kappa shape index (κ2) is 10.5. The molecule has 0 aliphatic heterocycles. The Balaban J connectivity index is 2.12. The Morgan fingerprint density at radius 2 is 1.52 bits per heavy atom. The van der Waals surface area contributed by atoms with Gasteiger partial charge in [0.25, 0.3) is 5.91 Å². The van der Waals surface area contributed by atoms with Gasteiger partial charge < -0.3 is 5.32 Å². The molecule has 1 amide bonds. The molecule has 1 N–H and O–H groups in total. The summed E-state index contributed by atoms with van der Waals surface area (Å²) in [6.45, 7) is 11.4. The van der Waals surface area contributed by atoms with Crippen molar-refractivity contribution in [1.29, 1.82) is 0 Å². The number of nitrogens with zero attached hydrogens (tertiary/aromatic N) is 2. The van der Waals surface area contributed by atoms with E-state index in [-0.39, 0.29) is 10.8 Å². The Morgan fingerprint density at radius 3 is 2.07 bits per heavy atom. The van der Waals surface area contributed by atoms with Crippen molar-refractivity contribution in [2.24, 2.45) is 0 Å². The number of rotatable bonds is 10. The first-order valence-corrected chi connectivity index (χ1v) is 11.5. The summed E-state index contributed by atoms with van der Waals surface area (Å²) in [6.07, 6.45) is 0. The first kappa shape index (κ1) is 23.1. The van der Waals surface area contributed by atoms with E-state index >= 15 is 0 Å². The van der Waals surface area contributed by atoms with Gasteiger partial charge in [-0.1, -0.05) is 39.8 Å². The van der Waals surface area contributed by atoms with E-state index in [1.165, 1.54) is 16.4 Å². The molecule has 0 saturated carbocycles. The highest BCUT2D eigenvalue weighted by Crippen LogP contribution is 2.18. The van der Waals surface area contributed by atoms with Gasteiger partial charge >= 0.3 is 0 Å². The van der Waals surface area contributed by atoms with Crippen molar-refractivity contribution in [3.05, 3.63) is 59.7 Å². The summed E-state index contributed by atoms with van der Waals surface area (Å²) in [5, 5.41) is 2.89. The van der Waals surface area contributed by atoms with Crippen LogP contribution in [0.3, 0.4) is 0 Å². The number of carbonyl (C=O) groups excluding carboxylic acids is 1. The van der Waals surface area contributed by atoms with Crippen LogP contribution in [0.1, 0.15) is 43.6 Å². The first-order valence-electron chi connectivity index (χ1n) is 10.1. The molecule has 0 aliphatic rings. The minimum Gasteiger partial charge on any atom is -0.322 e. The lowest BCUT2D eigenvalue weighted by molar-refractivity contribution is 0.102. The van der Waals surface area contributed by atoms with E-state index in [9.17, 15) is 13.2 Å². The van der Waals surface area contributed by atoms with Crippen LogP contribution in [0.2, 0.25) is 0 Å². The normalized spacial score (nSPS) is 11.8. The van der Waals surface area contributed by atoms with E-state index < -0.39 is 10.0 Å². The van der Waals surface area contributed by atoms with Gasteiger partial charge in [0.05, 0.1) is 4.90 Å². The Hall–Kier alpha value is -2.22. The van der Waals surface area contributed by atoms with Crippen LogP contribution in [0, 0.1) is 0 Å². The van der Waals surface area contributed by atoms with Gasteiger partial charge in [-0.2, -0.15) is 4.31 Å². The minimum absolute atomic E-state index is 0.193. The molecule has 0 fully saturated rings. The summed E-state index contributed by atoms with van der Waals surface area (Å²) in [5.74, 6) is -0.267. The lowest BCUT2D eigenvalue weighted by Crippen LogP contribution is -2.30. The van der Waals surface area contributed by atoms with Gasteiger partial charge in [-0.3, -0.25) is 9.69 Å². The van der Waals surface area contributed by atoms with Crippen molar-refractivity contribution in [3.8, 4) is 0 Å². The molecule has 2 rings (SSSR count). The van der Waals surface area contributed by atoms with Gasteiger partial charge in [0.1, 0.15) is 0 Å². The second-order valence-corrected chi connectivity index (χ2v) is 8.67. The highest BCUT2D eigenvalue weighted by molar-refractivity contribution is 7.89. The summed E-state index contributed by atoms with van der Waals surface area (Å²) in [6, 6.07) is 13.9. The molecule has 0 unspecified atom stereocenters. The van der Waals surface area contributed by atoms with E-state index in [0.717, 1.165) is 30.9 Å². The van der Waals surface area contributed by atoms with Crippen LogP contribution in [-0.4, -0.2) is 49.7 Å². The molecule has 0 aromatic heterocycles. The topological polar surface area (TPSA) is 69.7 Å². The maximum atomic E-state index is 12.6. The third-order valence-corrected chi connectivity index (χ3v) is 7.01. The zero-order chi connectivity index (χ0) is 21.4. The summed E-state index contributed by atoms with van der Waals surface area (Å²) < 4.78 is 26.5. The summed E-state index contributed by atoms with van der Waals surface area (Å²) >= 11 is 0. The molecule has 0 aliphatic carbocycles. The molecule has 7 heteroatoms. The number of hydrogen-bond donors (Lipinski definition) is 1. The predicted molar refractivity (Wildman–Crippen MR) is 118 cm³/mol. The minimum atomic E-state index is -3.53.